The van der Waals surface area contributed by atoms with Crippen molar-refractivity contribution in [1.82, 2.24) is 25.1 Å². The number of rotatable bonds is 10. The molecule has 214 valence electrons. The Morgan fingerprint density at radius 2 is 1.85 bits per heavy atom. The van der Waals surface area contributed by atoms with Crippen molar-refractivity contribution in [1.29, 1.82) is 0 Å². The molecule has 2 N–H and O–H groups in total. The Labute approximate surface area is 239 Å². The van der Waals surface area contributed by atoms with Crippen LogP contribution in [-0.4, -0.2) is 50.7 Å². The molecule has 2 amide bonds. The molecule has 0 fully saturated rings. The molecule has 0 aliphatic rings. The summed E-state index contributed by atoms with van der Waals surface area (Å²) in [6.45, 7) is 6.87. The molecule has 0 bridgehead atoms. The van der Waals surface area contributed by atoms with Crippen LogP contribution in [0.3, 0.4) is 0 Å². The lowest BCUT2D eigenvalue weighted by molar-refractivity contribution is -0.122. The van der Waals surface area contributed by atoms with Crippen molar-refractivity contribution in [2.75, 3.05) is 12.4 Å². The minimum atomic E-state index is -1.01. The number of carbonyl (C=O) groups is 3. The Balaban J connectivity index is 1.60. The molecule has 0 saturated carbocycles. The first-order valence-electron chi connectivity index (χ1n) is 12.7. The average molecular weight is 579 g/mol. The Hall–Kier alpha value is -4.65. The van der Waals surface area contributed by atoms with Crippen molar-refractivity contribution < 1.29 is 23.5 Å². The predicted molar refractivity (Wildman–Crippen MR) is 152 cm³/mol. The predicted octanol–water partition coefficient (Wildman–Crippen LogP) is 3.88. The highest BCUT2D eigenvalue weighted by Crippen LogP contribution is 2.32. The molecule has 0 radical (unpaired) electrons. The highest BCUT2D eigenvalue weighted by molar-refractivity contribution is 7.08. The molecule has 1 unspecified atom stereocenters. The largest absolute Gasteiger partial charge is 0.453 e. The third-order valence-electron chi connectivity index (χ3n) is 6.48. The number of methoxy groups -OCH3 is 1. The molecular formula is C28H30N6O6S. The molecule has 4 aromatic rings. The maximum atomic E-state index is 13.4. The van der Waals surface area contributed by atoms with Crippen LogP contribution in [0.4, 0.5) is 10.5 Å². The first kappa shape index (κ1) is 29.3. The van der Waals surface area contributed by atoms with Gasteiger partial charge in [0.05, 0.1) is 24.8 Å². The van der Waals surface area contributed by atoms with Gasteiger partial charge in [0.25, 0.3) is 11.4 Å². The first-order valence-corrected chi connectivity index (χ1v) is 13.7. The van der Waals surface area contributed by atoms with Gasteiger partial charge in [0, 0.05) is 5.56 Å². The summed E-state index contributed by atoms with van der Waals surface area (Å²) >= 11 is 1.54. The van der Waals surface area contributed by atoms with Crippen LogP contribution in [-0.2, 0) is 21.5 Å². The normalized spacial score (nSPS) is 12.1. The van der Waals surface area contributed by atoms with Gasteiger partial charge in [-0.25, -0.2) is 9.78 Å². The van der Waals surface area contributed by atoms with Crippen LogP contribution in [0.5, 0.6) is 0 Å². The second-order valence-corrected chi connectivity index (χ2v) is 10.9. The number of amides is 2. The van der Waals surface area contributed by atoms with Crippen LogP contribution < -0.4 is 16.2 Å². The molecule has 0 aliphatic carbocycles. The summed E-state index contributed by atoms with van der Waals surface area (Å²) in [5.74, 6) is -1.29. The number of carbonyl (C=O) groups excluding carboxylic acids is 3. The van der Waals surface area contributed by atoms with E-state index in [0.717, 1.165) is 17.2 Å². The number of thiophene rings is 1. The molecule has 12 nitrogen and oxygen atoms in total. The van der Waals surface area contributed by atoms with Crippen molar-refractivity contribution in [3.05, 3.63) is 81.1 Å². The molecule has 13 heteroatoms. The lowest BCUT2D eigenvalue weighted by Gasteiger charge is -2.21. The van der Waals surface area contributed by atoms with Crippen molar-refractivity contribution in [3.63, 3.8) is 0 Å². The molecule has 1 aromatic carbocycles. The van der Waals surface area contributed by atoms with Crippen molar-refractivity contribution >= 4 is 34.8 Å². The zero-order valence-electron chi connectivity index (χ0n) is 23.2. The van der Waals surface area contributed by atoms with Crippen LogP contribution in [0.1, 0.15) is 49.8 Å². The minimum Gasteiger partial charge on any atom is -0.453 e. The number of nitrogens with one attached hydrogen (secondary N) is 2. The number of hydrogen-bond acceptors (Lipinski definition) is 10. The van der Waals surface area contributed by atoms with Crippen LogP contribution in [0.25, 0.3) is 11.4 Å². The number of hydrogen-bond donors (Lipinski definition) is 2. The van der Waals surface area contributed by atoms with E-state index in [4.69, 9.17) is 4.42 Å². The van der Waals surface area contributed by atoms with Crippen molar-refractivity contribution in [3.8, 4) is 11.4 Å². The van der Waals surface area contributed by atoms with E-state index in [9.17, 15) is 19.2 Å². The van der Waals surface area contributed by atoms with E-state index in [0.29, 0.717) is 5.56 Å². The molecule has 3 heterocycles. The lowest BCUT2D eigenvalue weighted by atomic mass is 9.87. The second-order valence-electron chi connectivity index (χ2n) is 10.1. The van der Waals surface area contributed by atoms with E-state index in [2.05, 4.69) is 30.6 Å². The molecule has 3 aromatic heterocycles. The number of Topliss-reactive ketones (excluding diaryl/α,β-unsaturated/α-hetero) is 1. The third kappa shape index (κ3) is 6.40. The quantitative estimate of drug-likeness (QED) is 0.266. The van der Waals surface area contributed by atoms with Crippen molar-refractivity contribution in [2.45, 2.75) is 45.7 Å². The molecular weight excluding hydrogens is 548 g/mol. The summed E-state index contributed by atoms with van der Waals surface area (Å²) in [6, 6.07) is 9.72. The van der Waals surface area contributed by atoms with Crippen LogP contribution in [0.15, 0.2) is 62.6 Å². The molecule has 0 aliphatic heterocycles. The Kier molecular flexibility index (Phi) is 8.77. The molecule has 1 atom stereocenters. The monoisotopic (exact) mass is 578 g/mol. The van der Waals surface area contributed by atoms with Gasteiger partial charge in [0.2, 0.25) is 17.6 Å². The summed E-state index contributed by atoms with van der Waals surface area (Å²) in [5.41, 5.74) is 0.0746. The maximum Gasteiger partial charge on any atom is 0.411 e. The van der Waals surface area contributed by atoms with Gasteiger partial charge in [-0.15, -0.1) is 10.2 Å². The van der Waals surface area contributed by atoms with E-state index in [-0.39, 0.29) is 29.2 Å². The van der Waals surface area contributed by atoms with Gasteiger partial charge >= 0.3 is 6.09 Å². The summed E-state index contributed by atoms with van der Waals surface area (Å²) < 4.78 is 11.5. The topological polar surface area (TPSA) is 158 Å². The fraction of sp³-hybridized carbons (Fsp3) is 0.321. The van der Waals surface area contributed by atoms with Gasteiger partial charge in [-0.2, -0.15) is 11.3 Å². The number of ether oxygens (including phenoxy) is 1. The maximum absolute atomic E-state index is 13.4. The standard InChI is InChI=1S/C28H30N6O6S/c1-16(2)21(22(36)24-32-33-26(40-24)28(3,4)18-11-12-41-15-18)31-20(35)14-34-23(17-9-7-6-8-10-17)29-13-19(25(34)37)30-27(38)39-5/h6-13,15-16,21H,14H2,1-5H3,(H,30,38)(H,31,35). The Morgan fingerprint density at radius 3 is 2.49 bits per heavy atom. The summed E-state index contributed by atoms with van der Waals surface area (Å²) in [6.07, 6.45) is 0.334. The Bertz CT molecular complexity index is 1590. The van der Waals surface area contributed by atoms with Gasteiger partial charge in [0.15, 0.2) is 0 Å². The fourth-order valence-electron chi connectivity index (χ4n) is 4.05. The van der Waals surface area contributed by atoms with Gasteiger partial charge in [0.1, 0.15) is 18.1 Å². The van der Waals surface area contributed by atoms with Gasteiger partial charge < -0.3 is 14.5 Å². The molecule has 0 spiro atoms. The van der Waals surface area contributed by atoms with Crippen LogP contribution in [0.2, 0.25) is 0 Å². The van der Waals surface area contributed by atoms with Gasteiger partial charge in [-0.05, 0) is 42.2 Å². The third-order valence-corrected chi connectivity index (χ3v) is 7.17. The highest BCUT2D eigenvalue weighted by atomic mass is 32.1. The first-order chi connectivity index (χ1) is 19.5. The lowest BCUT2D eigenvalue weighted by Crippen LogP contribution is -2.46. The number of anilines is 1. The summed E-state index contributed by atoms with van der Waals surface area (Å²) in [5, 5.41) is 17.0. The van der Waals surface area contributed by atoms with Gasteiger partial charge in [-0.1, -0.05) is 44.2 Å². The highest BCUT2D eigenvalue weighted by Gasteiger charge is 2.34. The minimum absolute atomic E-state index is 0.174. The molecule has 0 saturated heterocycles. The number of ketones is 1. The van der Waals surface area contributed by atoms with E-state index in [1.165, 1.54) is 17.5 Å². The van der Waals surface area contributed by atoms with E-state index >= 15 is 0 Å². The number of aromatic nitrogens is 4. The average Bonchev–Trinajstić information content (AvgIpc) is 3.68. The molecule has 4 rings (SSSR count). The zero-order chi connectivity index (χ0) is 29.7. The van der Waals surface area contributed by atoms with E-state index in [1.54, 1.807) is 44.2 Å². The van der Waals surface area contributed by atoms with E-state index < -0.39 is 41.3 Å². The van der Waals surface area contributed by atoms with E-state index in [1.807, 2.05) is 30.7 Å². The number of nitrogens with zero attached hydrogens (tertiary/aromatic N) is 4. The van der Waals surface area contributed by atoms with Gasteiger partial charge in [-0.3, -0.25) is 24.3 Å². The number of benzene rings is 1. The van der Waals surface area contributed by atoms with Crippen LogP contribution in [0, 0.1) is 5.92 Å². The Morgan fingerprint density at radius 1 is 1.12 bits per heavy atom. The zero-order valence-corrected chi connectivity index (χ0v) is 24.0. The SMILES string of the molecule is COC(=O)Nc1cnc(-c2ccccc2)n(CC(=O)NC(C(=O)c2nnc(C(C)(C)c3ccsc3)o2)C(C)C)c1=O. The second kappa shape index (κ2) is 12.3. The van der Waals surface area contributed by atoms with Crippen molar-refractivity contribution in [2.24, 2.45) is 5.92 Å². The smallest absolute Gasteiger partial charge is 0.411 e. The molecule has 41 heavy (non-hydrogen) atoms. The van der Waals surface area contributed by atoms with Crippen LogP contribution >= 0.6 is 11.3 Å². The fourth-order valence-corrected chi connectivity index (χ4v) is 4.88. The summed E-state index contributed by atoms with van der Waals surface area (Å²) in [4.78, 5) is 56.0. The summed E-state index contributed by atoms with van der Waals surface area (Å²) in [7, 11) is 1.16.